The lowest BCUT2D eigenvalue weighted by Crippen LogP contribution is -2.44. The molecule has 0 unspecified atom stereocenters. The summed E-state index contributed by atoms with van der Waals surface area (Å²) in [5.74, 6) is -0.296. The average Bonchev–Trinajstić information content (AvgIpc) is 3.14. The first kappa shape index (κ1) is 18.9. The normalized spacial score (nSPS) is 18.0. The average molecular weight is 393 g/mol. The highest BCUT2D eigenvalue weighted by molar-refractivity contribution is 7.89. The van der Waals surface area contributed by atoms with Crippen LogP contribution in [0.2, 0.25) is 5.02 Å². The number of amides is 1. The second-order valence-corrected chi connectivity index (χ2v) is 8.79. The third-order valence-corrected chi connectivity index (χ3v) is 6.59. The number of aryl methyl sites for hydroxylation is 1. The summed E-state index contributed by atoms with van der Waals surface area (Å²) in [6.07, 6.45) is 1.65. The van der Waals surface area contributed by atoms with Crippen molar-refractivity contribution in [3.63, 3.8) is 0 Å². The van der Waals surface area contributed by atoms with Gasteiger partial charge in [-0.1, -0.05) is 41.9 Å². The number of nitrogens with one attached hydrogen (secondary N) is 1. The second kappa shape index (κ2) is 8.20. The lowest BCUT2D eigenvalue weighted by molar-refractivity contribution is -0.119. The minimum atomic E-state index is -3.50. The van der Waals surface area contributed by atoms with Crippen molar-refractivity contribution in [3.05, 3.63) is 65.2 Å². The molecule has 26 heavy (non-hydrogen) atoms. The summed E-state index contributed by atoms with van der Waals surface area (Å²) < 4.78 is 26.8. The summed E-state index contributed by atoms with van der Waals surface area (Å²) >= 11 is 5.84. The van der Waals surface area contributed by atoms with E-state index in [1.165, 1.54) is 4.31 Å². The van der Waals surface area contributed by atoms with E-state index >= 15 is 0 Å². The van der Waals surface area contributed by atoms with Gasteiger partial charge in [-0.15, -0.1) is 0 Å². The molecular weight excluding hydrogens is 372 g/mol. The molecule has 7 heteroatoms. The highest BCUT2D eigenvalue weighted by Crippen LogP contribution is 2.24. The van der Waals surface area contributed by atoms with E-state index in [1.807, 2.05) is 30.3 Å². The fourth-order valence-electron chi connectivity index (χ4n) is 3.10. The molecule has 0 radical (unpaired) electrons. The summed E-state index contributed by atoms with van der Waals surface area (Å²) in [7, 11) is -3.50. The largest absolute Gasteiger partial charge is 0.325 e. The van der Waals surface area contributed by atoms with Gasteiger partial charge in [-0.3, -0.25) is 4.79 Å². The van der Waals surface area contributed by atoms with Gasteiger partial charge in [0.1, 0.15) is 6.04 Å². The lowest BCUT2D eigenvalue weighted by Gasteiger charge is -2.23. The number of halogens is 1. The highest BCUT2D eigenvalue weighted by atomic mass is 35.5. The van der Waals surface area contributed by atoms with Crippen molar-refractivity contribution >= 4 is 33.2 Å². The number of nitrogens with zero attached hydrogens (tertiary/aromatic N) is 1. The van der Waals surface area contributed by atoms with Gasteiger partial charge in [0, 0.05) is 17.3 Å². The Labute approximate surface area is 159 Å². The van der Waals surface area contributed by atoms with Gasteiger partial charge in [0.05, 0.1) is 5.75 Å². The Morgan fingerprint density at radius 3 is 2.50 bits per heavy atom. The van der Waals surface area contributed by atoms with Gasteiger partial charge >= 0.3 is 0 Å². The Morgan fingerprint density at radius 2 is 1.81 bits per heavy atom. The van der Waals surface area contributed by atoms with Crippen LogP contribution in [0.5, 0.6) is 0 Å². The molecule has 2 aromatic carbocycles. The van der Waals surface area contributed by atoms with Gasteiger partial charge in [0.2, 0.25) is 15.9 Å². The molecule has 138 valence electrons. The van der Waals surface area contributed by atoms with E-state index in [1.54, 1.807) is 24.3 Å². The summed E-state index contributed by atoms with van der Waals surface area (Å²) in [4.78, 5) is 12.6. The minimum absolute atomic E-state index is 0.00172. The van der Waals surface area contributed by atoms with Gasteiger partial charge in [0.15, 0.2) is 0 Å². The van der Waals surface area contributed by atoms with Crippen molar-refractivity contribution in [2.24, 2.45) is 0 Å². The number of rotatable bonds is 6. The molecule has 1 amide bonds. The van der Waals surface area contributed by atoms with Gasteiger partial charge in [-0.2, -0.15) is 4.31 Å². The molecule has 1 heterocycles. The Kier molecular flexibility index (Phi) is 5.96. The fourth-order valence-corrected chi connectivity index (χ4v) is 4.95. The number of hydrogen-bond acceptors (Lipinski definition) is 3. The molecule has 3 rings (SSSR count). The molecule has 0 aromatic heterocycles. The van der Waals surface area contributed by atoms with Crippen LogP contribution < -0.4 is 5.32 Å². The predicted octanol–water partition coefficient (Wildman–Crippen LogP) is 3.32. The summed E-state index contributed by atoms with van der Waals surface area (Å²) in [6, 6.07) is 15.6. The van der Waals surface area contributed by atoms with Gasteiger partial charge in [-0.25, -0.2) is 8.42 Å². The third-order valence-electron chi connectivity index (χ3n) is 4.47. The molecule has 1 atom stereocenters. The van der Waals surface area contributed by atoms with E-state index in [2.05, 4.69) is 5.32 Å². The Bertz CT molecular complexity index is 854. The zero-order valence-electron chi connectivity index (χ0n) is 14.3. The van der Waals surface area contributed by atoms with Crippen molar-refractivity contribution in [3.8, 4) is 0 Å². The van der Waals surface area contributed by atoms with Crippen molar-refractivity contribution in [1.29, 1.82) is 0 Å². The summed E-state index contributed by atoms with van der Waals surface area (Å²) in [5, 5.41) is 3.36. The van der Waals surface area contributed by atoms with Gasteiger partial charge < -0.3 is 5.32 Å². The van der Waals surface area contributed by atoms with Crippen molar-refractivity contribution in [2.45, 2.75) is 25.3 Å². The number of benzene rings is 2. The molecule has 1 N–H and O–H groups in total. The van der Waals surface area contributed by atoms with E-state index in [9.17, 15) is 13.2 Å². The summed E-state index contributed by atoms with van der Waals surface area (Å²) in [6.45, 7) is 0.385. The number of carbonyl (C=O) groups excluding carboxylic acids is 1. The summed E-state index contributed by atoms with van der Waals surface area (Å²) in [5.41, 5.74) is 1.57. The first-order chi connectivity index (χ1) is 12.5. The molecule has 5 nitrogen and oxygen atoms in total. The predicted molar refractivity (Wildman–Crippen MR) is 104 cm³/mol. The van der Waals surface area contributed by atoms with Gasteiger partial charge in [-0.05, 0) is 49.1 Å². The van der Waals surface area contributed by atoms with Crippen LogP contribution in [0, 0.1) is 0 Å². The topological polar surface area (TPSA) is 66.5 Å². The number of carbonyl (C=O) groups is 1. The van der Waals surface area contributed by atoms with E-state index in [0.29, 0.717) is 36.5 Å². The molecular formula is C19H21ClN2O3S. The van der Waals surface area contributed by atoms with E-state index < -0.39 is 16.1 Å². The first-order valence-electron chi connectivity index (χ1n) is 8.55. The monoisotopic (exact) mass is 392 g/mol. The van der Waals surface area contributed by atoms with Crippen LogP contribution in [0.15, 0.2) is 54.6 Å². The molecule has 2 aromatic rings. The molecule has 1 aliphatic rings. The molecule has 1 fully saturated rings. The molecule has 0 bridgehead atoms. The smallest absolute Gasteiger partial charge is 0.242 e. The van der Waals surface area contributed by atoms with E-state index in [4.69, 9.17) is 11.6 Å². The first-order valence-corrected chi connectivity index (χ1v) is 10.5. The standard InChI is InChI=1S/C19H21ClN2O3S/c20-16-8-10-17(11-9-16)21-19(23)18-7-4-13-22(18)26(24,25)14-12-15-5-2-1-3-6-15/h1-3,5-6,8-11,18H,4,7,12-14H2,(H,21,23)/t18-/m0/s1. The maximum Gasteiger partial charge on any atom is 0.242 e. The number of hydrogen-bond donors (Lipinski definition) is 1. The Morgan fingerprint density at radius 1 is 1.12 bits per heavy atom. The fraction of sp³-hybridized carbons (Fsp3) is 0.316. The Hall–Kier alpha value is -1.89. The molecule has 1 aliphatic heterocycles. The quantitative estimate of drug-likeness (QED) is 0.820. The number of sulfonamides is 1. The highest BCUT2D eigenvalue weighted by Gasteiger charge is 2.38. The van der Waals surface area contributed by atoms with Crippen LogP contribution >= 0.6 is 11.6 Å². The van der Waals surface area contributed by atoms with E-state index in [-0.39, 0.29) is 11.7 Å². The van der Waals surface area contributed by atoms with Crippen LogP contribution in [0.4, 0.5) is 5.69 Å². The maximum absolute atomic E-state index is 12.7. The second-order valence-electron chi connectivity index (χ2n) is 6.32. The van der Waals surface area contributed by atoms with Gasteiger partial charge in [0.25, 0.3) is 0 Å². The van der Waals surface area contributed by atoms with E-state index in [0.717, 1.165) is 5.56 Å². The van der Waals surface area contributed by atoms with Crippen LogP contribution in [0.1, 0.15) is 18.4 Å². The maximum atomic E-state index is 12.7. The van der Waals surface area contributed by atoms with Crippen LogP contribution in [-0.2, 0) is 21.2 Å². The number of anilines is 1. The van der Waals surface area contributed by atoms with Crippen molar-refractivity contribution < 1.29 is 13.2 Å². The Balaban J connectivity index is 1.66. The molecule has 0 saturated carbocycles. The lowest BCUT2D eigenvalue weighted by atomic mass is 10.2. The SMILES string of the molecule is O=C(Nc1ccc(Cl)cc1)[C@@H]1CCCN1S(=O)(=O)CCc1ccccc1. The molecule has 1 saturated heterocycles. The zero-order valence-corrected chi connectivity index (χ0v) is 15.8. The van der Waals surface area contributed by atoms with Crippen LogP contribution in [0.3, 0.4) is 0 Å². The van der Waals surface area contributed by atoms with Crippen LogP contribution in [0.25, 0.3) is 0 Å². The van der Waals surface area contributed by atoms with Crippen LogP contribution in [-0.4, -0.2) is 37.0 Å². The zero-order chi connectivity index (χ0) is 18.6. The van der Waals surface area contributed by atoms with Crippen molar-refractivity contribution in [1.82, 2.24) is 4.31 Å². The third kappa shape index (κ3) is 4.63. The molecule has 0 aliphatic carbocycles. The minimum Gasteiger partial charge on any atom is -0.325 e. The van der Waals surface area contributed by atoms with Crippen molar-refractivity contribution in [2.75, 3.05) is 17.6 Å². The molecule has 0 spiro atoms.